The maximum Gasteiger partial charge on any atom is 0.234 e. The molecule has 2 heterocycles. The number of hydrogen-bond acceptors (Lipinski definition) is 3. The molecule has 1 aliphatic rings. The van der Waals surface area contributed by atoms with Crippen LogP contribution in [0.1, 0.15) is 49.7 Å². The van der Waals surface area contributed by atoms with Gasteiger partial charge in [-0.25, -0.2) is 0 Å². The third kappa shape index (κ3) is 2.52. The van der Waals surface area contributed by atoms with Crippen molar-refractivity contribution in [1.82, 2.24) is 10.3 Å². The number of piperidine rings is 1. The molecule has 1 fully saturated rings. The summed E-state index contributed by atoms with van der Waals surface area (Å²) in [5.74, 6) is -0.238. The summed E-state index contributed by atoms with van der Waals surface area (Å²) < 4.78 is 0. The molecule has 1 saturated heterocycles. The van der Waals surface area contributed by atoms with Gasteiger partial charge >= 0.3 is 0 Å². The number of nitrogens with one attached hydrogen (secondary N) is 1. The first-order chi connectivity index (χ1) is 8.08. The highest BCUT2D eigenvalue weighted by atomic mass is 16.2. The van der Waals surface area contributed by atoms with Crippen molar-refractivity contribution >= 4 is 11.8 Å². The van der Waals surface area contributed by atoms with E-state index in [-0.39, 0.29) is 17.7 Å². The lowest BCUT2D eigenvalue weighted by Gasteiger charge is -2.21. The Balaban J connectivity index is 2.25. The molecule has 1 atom stereocenters. The summed E-state index contributed by atoms with van der Waals surface area (Å²) in [5, 5.41) is 2.37. The van der Waals surface area contributed by atoms with Crippen molar-refractivity contribution in [1.29, 1.82) is 0 Å². The molecule has 1 aromatic heterocycles. The zero-order valence-electron chi connectivity index (χ0n) is 10.1. The fourth-order valence-corrected chi connectivity index (χ4v) is 1.99. The molecule has 4 heteroatoms. The van der Waals surface area contributed by atoms with E-state index in [1.807, 2.05) is 12.3 Å². The van der Waals surface area contributed by atoms with Gasteiger partial charge in [0.15, 0.2) is 0 Å². The Morgan fingerprint density at radius 2 is 2.12 bits per heavy atom. The molecule has 1 aromatic rings. The number of aromatic nitrogens is 1. The van der Waals surface area contributed by atoms with Crippen LogP contribution in [0.25, 0.3) is 0 Å². The van der Waals surface area contributed by atoms with Crippen LogP contribution in [-0.4, -0.2) is 16.8 Å². The van der Waals surface area contributed by atoms with Crippen molar-refractivity contribution in [3.05, 3.63) is 29.6 Å². The molecule has 2 amide bonds. The minimum Gasteiger partial charge on any atom is -0.296 e. The number of pyridine rings is 1. The van der Waals surface area contributed by atoms with Crippen molar-refractivity contribution in [2.24, 2.45) is 0 Å². The SMILES string of the molecule is CC(C)c1cncc(C2CCC(=O)NC2=O)c1. The van der Waals surface area contributed by atoms with E-state index in [9.17, 15) is 9.59 Å². The van der Waals surface area contributed by atoms with Gasteiger partial charge < -0.3 is 0 Å². The van der Waals surface area contributed by atoms with Crippen LogP contribution in [0.4, 0.5) is 0 Å². The summed E-state index contributed by atoms with van der Waals surface area (Å²) in [6.45, 7) is 4.18. The van der Waals surface area contributed by atoms with E-state index in [0.717, 1.165) is 11.1 Å². The highest BCUT2D eigenvalue weighted by Crippen LogP contribution is 2.26. The van der Waals surface area contributed by atoms with E-state index in [1.165, 1.54) is 0 Å². The lowest BCUT2D eigenvalue weighted by molar-refractivity contribution is -0.134. The summed E-state index contributed by atoms with van der Waals surface area (Å²) in [4.78, 5) is 27.0. The molecule has 0 aliphatic carbocycles. The van der Waals surface area contributed by atoms with E-state index in [2.05, 4.69) is 24.1 Å². The molecule has 0 radical (unpaired) electrons. The normalized spacial score (nSPS) is 20.5. The van der Waals surface area contributed by atoms with E-state index < -0.39 is 0 Å². The number of carbonyl (C=O) groups is 2. The Labute approximate surface area is 100 Å². The number of carbonyl (C=O) groups excluding carboxylic acids is 2. The monoisotopic (exact) mass is 232 g/mol. The smallest absolute Gasteiger partial charge is 0.234 e. The second kappa shape index (κ2) is 4.65. The van der Waals surface area contributed by atoms with Crippen molar-refractivity contribution in [3.63, 3.8) is 0 Å². The molecule has 1 aliphatic heterocycles. The van der Waals surface area contributed by atoms with Crippen LogP contribution in [0.15, 0.2) is 18.5 Å². The minimum absolute atomic E-state index is 0.181. The topological polar surface area (TPSA) is 59.1 Å². The molecule has 0 saturated carbocycles. The zero-order chi connectivity index (χ0) is 12.4. The van der Waals surface area contributed by atoms with Gasteiger partial charge in [-0.2, -0.15) is 0 Å². The largest absolute Gasteiger partial charge is 0.296 e. The van der Waals surface area contributed by atoms with Gasteiger partial charge in [0.25, 0.3) is 0 Å². The number of amides is 2. The molecule has 2 rings (SSSR count). The van der Waals surface area contributed by atoms with Crippen LogP contribution in [-0.2, 0) is 9.59 Å². The molecule has 4 nitrogen and oxygen atoms in total. The third-order valence-corrected chi connectivity index (χ3v) is 3.09. The molecule has 17 heavy (non-hydrogen) atoms. The number of hydrogen-bond donors (Lipinski definition) is 1. The Morgan fingerprint density at radius 3 is 2.76 bits per heavy atom. The molecule has 1 unspecified atom stereocenters. The first kappa shape index (κ1) is 11.8. The van der Waals surface area contributed by atoms with Gasteiger partial charge in [-0.3, -0.25) is 19.9 Å². The lowest BCUT2D eigenvalue weighted by Crippen LogP contribution is -2.39. The number of imide groups is 1. The van der Waals surface area contributed by atoms with Crippen LogP contribution in [0.3, 0.4) is 0 Å². The minimum atomic E-state index is -0.237. The summed E-state index contributed by atoms with van der Waals surface area (Å²) in [6.07, 6.45) is 4.52. The molecule has 0 aromatic carbocycles. The maximum atomic E-state index is 11.7. The molecule has 0 bridgehead atoms. The van der Waals surface area contributed by atoms with Crippen LogP contribution in [0.5, 0.6) is 0 Å². The summed E-state index contributed by atoms with van der Waals surface area (Å²) in [6, 6.07) is 2.01. The lowest BCUT2D eigenvalue weighted by atomic mass is 9.90. The summed E-state index contributed by atoms with van der Waals surface area (Å²) in [7, 11) is 0. The molecule has 1 N–H and O–H groups in total. The fourth-order valence-electron chi connectivity index (χ4n) is 1.99. The summed E-state index contributed by atoms with van der Waals surface area (Å²) >= 11 is 0. The van der Waals surface area contributed by atoms with E-state index in [4.69, 9.17) is 0 Å². The Morgan fingerprint density at radius 1 is 1.35 bits per heavy atom. The number of nitrogens with zero attached hydrogens (tertiary/aromatic N) is 1. The van der Waals surface area contributed by atoms with E-state index in [1.54, 1.807) is 6.20 Å². The third-order valence-electron chi connectivity index (χ3n) is 3.09. The average Bonchev–Trinajstić information content (AvgIpc) is 2.29. The van der Waals surface area contributed by atoms with Gasteiger partial charge in [0, 0.05) is 18.8 Å². The molecular weight excluding hydrogens is 216 g/mol. The average molecular weight is 232 g/mol. The van der Waals surface area contributed by atoms with Crippen molar-refractivity contribution < 1.29 is 9.59 Å². The Hall–Kier alpha value is -1.71. The van der Waals surface area contributed by atoms with E-state index in [0.29, 0.717) is 18.8 Å². The molecular formula is C13H16N2O2. The standard InChI is InChI=1S/C13H16N2O2/c1-8(2)9-5-10(7-14-6-9)11-3-4-12(16)15-13(11)17/h5-8,11H,3-4H2,1-2H3,(H,15,16,17). The quantitative estimate of drug-likeness (QED) is 0.790. The Bertz CT molecular complexity index is 454. The van der Waals surface area contributed by atoms with Crippen molar-refractivity contribution in [2.75, 3.05) is 0 Å². The zero-order valence-corrected chi connectivity index (χ0v) is 10.1. The highest BCUT2D eigenvalue weighted by Gasteiger charge is 2.28. The van der Waals surface area contributed by atoms with E-state index >= 15 is 0 Å². The second-order valence-electron chi connectivity index (χ2n) is 4.71. The van der Waals surface area contributed by atoms with Gasteiger partial charge in [-0.1, -0.05) is 19.9 Å². The first-order valence-electron chi connectivity index (χ1n) is 5.86. The first-order valence-corrected chi connectivity index (χ1v) is 5.86. The van der Waals surface area contributed by atoms with Crippen LogP contribution >= 0.6 is 0 Å². The van der Waals surface area contributed by atoms with Gasteiger partial charge in [-0.05, 0) is 23.5 Å². The van der Waals surface area contributed by atoms with Gasteiger partial charge in [0.1, 0.15) is 0 Å². The van der Waals surface area contributed by atoms with Crippen LogP contribution < -0.4 is 5.32 Å². The predicted molar refractivity (Wildman–Crippen MR) is 63.5 cm³/mol. The van der Waals surface area contributed by atoms with Crippen LogP contribution in [0, 0.1) is 0 Å². The van der Waals surface area contributed by atoms with Crippen molar-refractivity contribution in [2.45, 2.75) is 38.5 Å². The predicted octanol–water partition coefficient (Wildman–Crippen LogP) is 1.73. The van der Waals surface area contributed by atoms with Gasteiger partial charge in [0.2, 0.25) is 11.8 Å². The fraction of sp³-hybridized carbons (Fsp3) is 0.462. The van der Waals surface area contributed by atoms with Crippen LogP contribution in [0.2, 0.25) is 0 Å². The Kier molecular flexibility index (Phi) is 3.22. The maximum absolute atomic E-state index is 11.7. The second-order valence-corrected chi connectivity index (χ2v) is 4.71. The van der Waals surface area contributed by atoms with Gasteiger partial charge in [-0.15, -0.1) is 0 Å². The number of rotatable bonds is 2. The molecule has 90 valence electrons. The highest BCUT2D eigenvalue weighted by molar-refractivity contribution is 6.00. The summed E-state index contributed by atoms with van der Waals surface area (Å²) in [5.41, 5.74) is 2.02. The molecule has 0 spiro atoms. The van der Waals surface area contributed by atoms with Crippen molar-refractivity contribution in [3.8, 4) is 0 Å². The van der Waals surface area contributed by atoms with Gasteiger partial charge in [0.05, 0.1) is 5.92 Å².